The Labute approximate surface area is 472 Å². The maximum Gasteiger partial charge on any atom is 0.303 e. The molecule has 452 valence electrons. The summed E-state index contributed by atoms with van der Waals surface area (Å²) >= 11 is 0. The SMILES string of the molecule is COc1cc(O[C@H]2O[C@H](COC(C)=O)[C@@H](OC(C)=O)[C@H](OC(C)=O)[C@H]2O[C@@H]2O[C@@H](C)[C@H](OC(C)=O)[C@@H](OC(C)=O)[C@H]2OC(C)=O)cc2oc(-c3ccc(O[C@H]4O[C@H](COC(C)=O)[C@@H](OC(C)=O)[C@H](OC(C)=O)[C@H]4OC(C)=O)cc3)cc(=O)c12. The molecule has 15 atom stereocenters. The van der Waals surface area contributed by atoms with Gasteiger partial charge in [-0.1, -0.05) is 0 Å². The first kappa shape index (κ1) is 63.8. The van der Waals surface area contributed by atoms with E-state index in [0.29, 0.717) is 0 Å². The van der Waals surface area contributed by atoms with Crippen molar-refractivity contribution in [3.05, 3.63) is 52.7 Å². The van der Waals surface area contributed by atoms with Gasteiger partial charge in [0.05, 0.1) is 13.2 Å². The molecule has 2 aromatic carbocycles. The molecule has 0 amide bonds. The van der Waals surface area contributed by atoms with Crippen LogP contribution < -0.4 is 19.6 Å². The Morgan fingerprint density at radius 2 is 0.831 bits per heavy atom. The van der Waals surface area contributed by atoms with Crippen molar-refractivity contribution in [3.8, 4) is 28.6 Å². The molecule has 6 rings (SSSR count). The minimum Gasteiger partial charge on any atom is -0.496 e. The summed E-state index contributed by atoms with van der Waals surface area (Å²) in [6.45, 7) is 10.9. The molecule has 1 aromatic heterocycles. The number of benzene rings is 2. The standard InChI is InChI=1S/C54H62O29/c1-22-43(70-25(4)57)46(73-28(7)60)49(76-31(10)63)52(69-22)83-51-48(75-30(9)62)45(72-27(6)59)41(21-68-24(3)56)82-54(51)79-35-17-38(66-12)42-36(65)19-37(80-39(42)18-35)33-13-15-34(16-14-33)78-53-50(77-32(11)64)47(74-29(8)61)44(71-26(5)58)40(81-53)20-67-23(2)55/h13-19,22,40-41,43-54H,20-21H2,1-12H3/t22-,40+,41+,43-,44+,45+,46+,47-,48-,49+,50+,51+,52-,53-,54-/m0/s1. The van der Waals surface area contributed by atoms with Gasteiger partial charge in [-0.15, -0.1) is 0 Å². The fourth-order valence-corrected chi connectivity index (χ4v) is 9.19. The summed E-state index contributed by atoms with van der Waals surface area (Å²) in [7, 11) is 1.24. The lowest BCUT2D eigenvalue weighted by Crippen LogP contribution is -2.67. The zero-order chi connectivity index (χ0) is 61.1. The van der Waals surface area contributed by atoms with Gasteiger partial charge in [0.1, 0.15) is 59.4 Å². The summed E-state index contributed by atoms with van der Waals surface area (Å²) in [6.07, 6.45) is -23.6. The van der Waals surface area contributed by atoms with E-state index in [1.54, 1.807) is 0 Å². The van der Waals surface area contributed by atoms with Crippen molar-refractivity contribution in [1.82, 2.24) is 0 Å². The van der Waals surface area contributed by atoms with Gasteiger partial charge < -0.3 is 84.9 Å². The van der Waals surface area contributed by atoms with E-state index in [0.717, 1.165) is 75.3 Å². The molecule has 0 bridgehead atoms. The Morgan fingerprint density at radius 3 is 1.29 bits per heavy atom. The van der Waals surface area contributed by atoms with E-state index < -0.39 is 170 Å². The fourth-order valence-electron chi connectivity index (χ4n) is 9.19. The van der Waals surface area contributed by atoms with Crippen LogP contribution in [0, 0.1) is 0 Å². The van der Waals surface area contributed by atoms with Crippen LogP contribution in [0.3, 0.4) is 0 Å². The molecule has 83 heavy (non-hydrogen) atoms. The Kier molecular flexibility index (Phi) is 21.5. The molecule has 29 nitrogen and oxygen atoms in total. The highest BCUT2D eigenvalue weighted by atomic mass is 16.8. The van der Waals surface area contributed by atoms with Crippen molar-refractivity contribution in [3.63, 3.8) is 0 Å². The molecule has 29 heteroatoms. The summed E-state index contributed by atoms with van der Waals surface area (Å²) < 4.78 is 104. The number of fused-ring (bicyclic) bond motifs is 1. The van der Waals surface area contributed by atoms with Gasteiger partial charge in [0.15, 0.2) is 60.6 Å². The number of ether oxygens (including phenoxy) is 17. The number of methoxy groups -OCH3 is 1. The highest BCUT2D eigenvalue weighted by Crippen LogP contribution is 2.39. The number of hydrogen-bond acceptors (Lipinski definition) is 29. The zero-order valence-corrected chi connectivity index (χ0v) is 47.0. The first-order chi connectivity index (χ1) is 39.1. The van der Waals surface area contributed by atoms with E-state index in [2.05, 4.69) is 0 Å². The minimum absolute atomic E-state index is 0.0364. The molecule has 3 fully saturated rings. The number of esters is 10. The molecule has 0 radical (unpaired) electrons. The van der Waals surface area contributed by atoms with Crippen LogP contribution in [-0.2, 0) is 114 Å². The number of carbonyl (C=O) groups excluding carboxylic acids is 10. The van der Waals surface area contributed by atoms with E-state index in [-0.39, 0.29) is 39.5 Å². The Hall–Kier alpha value is -8.41. The molecule has 0 spiro atoms. The molecule has 0 N–H and O–H groups in total. The quantitative estimate of drug-likeness (QED) is 0.116. The van der Waals surface area contributed by atoms with Gasteiger partial charge in [-0.3, -0.25) is 52.7 Å². The monoisotopic (exact) mass is 1170 g/mol. The van der Waals surface area contributed by atoms with E-state index >= 15 is 0 Å². The lowest BCUT2D eigenvalue weighted by Gasteiger charge is -2.48. The topological polar surface area (TPSA) is 358 Å². The van der Waals surface area contributed by atoms with Gasteiger partial charge >= 0.3 is 59.7 Å². The maximum atomic E-state index is 14.0. The summed E-state index contributed by atoms with van der Waals surface area (Å²) in [5, 5.41) is -0.0855. The smallest absolute Gasteiger partial charge is 0.303 e. The van der Waals surface area contributed by atoms with Crippen LogP contribution in [0.25, 0.3) is 22.3 Å². The van der Waals surface area contributed by atoms with E-state index in [9.17, 15) is 52.7 Å². The minimum atomic E-state index is -1.85. The van der Waals surface area contributed by atoms with Gasteiger partial charge in [0.2, 0.25) is 18.7 Å². The van der Waals surface area contributed by atoms with Crippen molar-refractivity contribution in [2.24, 2.45) is 0 Å². The highest BCUT2D eigenvalue weighted by molar-refractivity contribution is 5.86. The molecule has 0 saturated carbocycles. The third kappa shape index (κ3) is 16.9. The van der Waals surface area contributed by atoms with Crippen LogP contribution in [-0.4, -0.2) is 172 Å². The van der Waals surface area contributed by atoms with Gasteiger partial charge in [-0.05, 0) is 31.2 Å². The Balaban J connectivity index is 1.41. The second-order valence-electron chi connectivity index (χ2n) is 18.8. The highest BCUT2D eigenvalue weighted by Gasteiger charge is 2.58. The second kappa shape index (κ2) is 28.0. The molecule has 4 heterocycles. The zero-order valence-electron chi connectivity index (χ0n) is 47.0. The van der Waals surface area contributed by atoms with Crippen molar-refractivity contribution in [2.45, 2.75) is 168 Å². The van der Waals surface area contributed by atoms with Crippen LogP contribution in [0.2, 0.25) is 0 Å². The predicted molar refractivity (Wildman–Crippen MR) is 270 cm³/mol. The summed E-state index contributed by atoms with van der Waals surface area (Å²) in [5.74, 6) is -8.89. The molecule has 3 aliphatic heterocycles. The van der Waals surface area contributed by atoms with E-state index in [1.807, 2.05) is 0 Å². The molecule has 0 aliphatic carbocycles. The molecular weight excluding hydrogens is 1110 g/mol. The first-order valence-electron chi connectivity index (χ1n) is 25.5. The molecule has 3 aromatic rings. The lowest BCUT2D eigenvalue weighted by molar-refractivity contribution is -0.356. The average molecular weight is 1180 g/mol. The second-order valence-corrected chi connectivity index (χ2v) is 18.8. The van der Waals surface area contributed by atoms with Gasteiger partial charge in [0.25, 0.3) is 0 Å². The number of rotatable bonds is 20. The van der Waals surface area contributed by atoms with Gasteiger partial charge in [0, 0.05) is 93.0 Å². The molecular formula is C54H62O29. The maximum absolute atomic E-state index is 14.0. The van der Waals surface area contributed by atoms with Crippen molar-refractivity contribution < 1.29 is 133 Å². The molecule has 0 unspecified atom stereocenters. The molecule has 3 aliphatic rings. The average Bonchev–Trinajstić information content (AvgIpc) is 2.46. The van der Waals surface area contributed by atoms with E-state index in [1.165, 1.54) is 50.4 Å². The van der Waals surface area contributed by atoms with Gasteiger partial charge in [-0.25, -0.2) is 0 Å². The Morgan fingerprint density at radius 1 is 0.434 bits per heavy atom. The number of carbonyl (C=O) groups is 10. The summed E-state index contributed by atoms with van der Waals surface area (Å²) in [5.41, 5.74) is -0.500. The van der Waals surface area contributed by atoms with Gasteiger partial charge in [-0.2, -0.15) is 0 Å². The van der Waals surface area contributed by atoms with Crippen molar-refractivity contribution in [1.29, 1.82) is 0 Å². The van der Waals surface area contributed by atoms with Crippen molar-refractivity contribution in [2.75, 3.05) is 20.3 Å². The van der Waals surface area contributed by atoms with Crippen LogP contribution in [0.5, 0.6) is 17.2 Å². The van der Waals surface area contributed by atoms with Crippen LogP contribution in [0.1, 0.15) is 76.2 Å². The third-order valence-electron chi connectivity index (χ3n) is 12.2. The normalized spacial score (nSPS) is 27.4. The predicted octanol–water partition coefficient (Wildman–Crippen LogP) is 2.39. The third-order valence-corrected chi connectivity index (χ3v) is 12.2. The Bertz CT molecular complexity index is 2970. The summed E-state index contributed by atoms with van der Waals surface area (Å²) in [6, 6.07) is 9.44. The molecule has 3 saturated heterocycles. The van der Waals surface area contributed by atoms with Crippen LogP contribution in [0.4, 0.5) is 0 Å². The lowest BCUT2D eigenvalue weighted by atomic mass is 9.96. The number of hydrogen-bond donors (Lipinski definition) is 0. The van der Waals surface area contributed by atoms with E-state index in [4.69, 9.17) is 84.9 Å². The van der Waals surface area contributed by atoms with Crippen molar-refractivity contribution >= 4 is 70.7 Å². The summed E-state index contributed by atoms with van der Waals surface area (Å²) in [4.78, 5) is 138. The first-order valence-corrected chi connectivity index (χ1v) is 25.5. The van der Waals surface area contributed by atoms with Crippen LogP contribution >= 0.6 is 0 Å². The fraction of sp³-hybridized carbons (Fsp3) is 0.537. The largest absolute Gasteiger partial charge is 0.496 e. The van der Waals surface area contributed by atoms with Crippen LogP contribution in [0.15, 0.2) is 51.7 Å².